The third-order valence-electron chi connectivity index (χ3n) is 2.72. The highest BCUT2D eigenvalue weighted by molar-refractivity contribution is 7.98. The maximum Gasteiger partial charge on any atom is 0.123 e. The summed E-state index contributed by atoms with van der Waals surface area (Å²) in [6.07, 6.45) is 0. The summed E-state index contributed by atoms with van der Waals surface area (Å²) < 4.78 is 18.5. The third-order valence-corrected chi connectivity index (χ3v) is 3.80. The number of thioether (sulfide) groups is 1. The highest BCUT2D eigenvalue weighted by atomic mass is 32.2. The Morgan fingerprint density at radius 1 is 1.11 bits per heavy atom. The van der Waals surface area contributed by atoms with Gasteiger partial charge in [-0.2, -0.15) is 0 Å². The van der Waals surface area contributed by atoms with Crippen molar-refractivity contribution in [1.29, 1.82) is 0 Å². The van der Waals surface area contributed by atoms with Crippen molar-refractivity contribution in [1.82, 2.24) is 0 Å². The van der Waals surface area contributed by atoms with Gasteiger partial charge in [0.15, 0.2) is 0 Å². The number of benzene rings is 2. The molecule has 0 aliphatic heterocycles. The van der Waals surface area contributed by atoms with Gasteiger partial charge in [-0.05, 0) is 47.5 Å². The molecule has 2 rings (SSSR count). The lowest BCUT2D eigenvalue weighted by molar-refractivity contribution is 0.414. The topological polar surface area (TPSA) is 35.2 Å². The fourth-order valence-corrected chi connectivity index (χ4v) is 2.59. The monoisotopic (exact) mass is 277 g/mol. The number of ether oxygens (including phenoxy) is 1. The summed E-state index contributed by atoms with van der Waals surface area (Å²) in [5.74, 6) is 1.32. The summed E-state index contributed by atoms with van der Waals surface area (Å²) >= 11 is 1.66. The summed E-state index contributed by atoms with van der Waals surface area (Å²) in [7, 11) is 1.64. The average molecular weight is 277 g/mol. The molecule has 0 unspecified atom stereocenters. The molecule has 0 atom stereocenters. The summed E-state index contributed by atoms with van der Waals surface area (Å²) in [4.78, 5) is 1.12. The Labute approximate surface area is 116 Å². The Bertz CT molecular complexity index is 542. The van der Waals surface area contributed by atoms with Crippen LogP contribution in [0.5, 0.6) is 5.75 Å². The molecular formula is C15H16FNOS. The van der Waals surface area contributed by atoms with E-state index in [1.54, 1.807) is 24.9 Å². The minimum Gasteiger partial charge on any atom is -0.497 e. The molecule has 0 saturated carbocycles. The molecule has 4 heteroatoms. The maximum absolute atomic E-state index is 13.4. The Balaban J connectivity index is 2.03. The normalized spacial score (nSPS) is 10.5. The van der Waals surface area contributed by atoms with E-state index in [0.29, 0.717) is 6.54 Å². The van der Waals surface area contributed by atoms with Gasteiger partial charge in [-0.3, -0.25) is 0 Å². The standard InChI is InChI=1S/C15H16FNOS/c1-18-14-2-4-15(5-3-14)19-10-12-6-11(9-17)7-13(16)8-12/h2-8H,9-10,17H2,1H3. The quantitative estimate of drug-likeness (QED) is 0.848. The van der Waals surface area contributed by atoms with Gasteiger partial charge in [-0.25, -0.2) is 4.39 Å². The van der Waals surface area contributed by atoms with Crippen molar-refractivity contribution < 1.29 is 9.13 Å². The van der Waals surface area contributed by atoms with Gasteiger partial charge in [0.05, 0.1) is 7.11 Å². The molecule has 0 radical (unpaired) electrons. The molecule has 2 N–H and O–H groups in total. The minimum atomic E-state index is -0.228. The van der Waals surface area contributed by atoms with Crippen LogP contribution in [0.3, 0.4) is 0 Å². The van der Waals surface area contributed by atoms with Crippen molar-refractivity contribution in [3.05, 3.63) is 59.4 Å². The number of hydrogen-bond acceptors (Lipinski definition) is 3. The number of methoxy groups -OCH3 is 1. The molecule has 0 spiro atoms. The van der Waals surface area contributed by atoms with E-state index in [4.69, 9.17) is 10.5 Å². The van der Waals surface area contributed by atoms with E-state index in [9.17, 15) is 4.39 Å². The van der Waals surface area contributed by atoms with Crippen LogP contribution < -0.4 is 10.5 Å². The molecule has 0 fully saturated rings. The molecule has 0 aliphatic carbocycles. The fourth-order valence-electron chi connectivity index (χ4n) is 1.76. The first-order valence-corrected chi connectivity index (χ1v) is 6.95. The predicted molar refractivity (Wildman–Crippen MR) is 76.8 cm³/mol. The molecule has 2 nitrogen and oxygen atoms in total. The van der Waals surface area contributed by atoms with Crippen molar-refractivity contribution in [2.75, 3.05) is 7.11 Å². The second-order valence-corrected chi connectivity index (χ2v) is 5.18. The maximum atomic E-state index is 13.4. The molecule has 0 bridgehead atoms. The first kappa shape index (κ1) is 13.9. The first-order valence-electron chi connectivity index (χ1n) is 5.96. The van der Waals surface area contributed by atoms with Gasteiger partial charge in [0, 0.05) is 17.2 Å². The second kappa shape index (κ2) is 6.59. The van der Waals surface area contributed by atoms with Crippen molar-refractivity contribution in [2.24, 2.45) is 5.73 Å². The van der Waals surface area contributed by atoms with Crippen LogP contribution in [0, 0.1) is 5.82 Å². The highest BCUT2D eigenvalue weighted by Gasteiger charge is 2.02. The van der Waals surface area contributed by atoms with Gasteiger partial charge in [0.25, 0.3) is 0 Å². The zero-order valence-corrected chi connectivity index (χ0v) is 11.5. The Morgan fingerprint density at radius 2 is 1.79 bits per heavy atom. The summed E-state index contributed by atoms with van der Waals surface area (Å²) in [6, 6.07) is 12.8. The molecule has 0 amide bonds. The van der Waals surface area contributed by atoms with Gasteiger partial charge in [-0.1, -0.05) is 6.07 Å². The Morgan fingerprint density at radius 3 is 2.42 bits per heavy atom. The summed E-state index contributed by atoms with van der Waals surface area (Å²) in [5.41, 5.74) is 7.31. The van der Waals surface area contributed by atoms with E-state index in [0.717, 1.165) is 27.5 Å². The largest absolute Gasteiger partial charge is 0.497 e. The summed E-state index contributed by atoms with van der Waals surface area (Å²) in [5, 5.41) is 0. The number of nitrogens with two attached hydrogens (primary N) is 1. The molecule has 0 heterocycles. The zero-order chi connectivity index (χ0) is 13.7. The van der Waals surface area contributed by atoms with E-state index in [2.05, 4.69) is 0 Å². The summed E-state index contributed by atoms with van der Waals surface area (Å²) in [6.45, 7) is 0.359. The van der Waals surface area contributed by atoms with Crippen LogP contribution in [0.4, 0.5) is 4.39 Å². The lowest BCUT2D eigenvalue weighted by Gasteiger charge is -2.06. The number of hydrogen-bond donors (Lipinski definition) is 1. The number of rotatable bonds is 5. The molecule has 2 aromatic carbocycles. The van der Waals surface area contributed by atoms with Gasteiger partial charge in [0.1, 0.15) is 11.6 Å². The van der Waals surface area contributed by atoms with Gasteiger partial charge in [0.2, 0.25) is 0 Å². The highest BCUT2D eigenvalue weighted by Crippen LogP contribution is 2.25. The van der Waals surface area contributed by atoms with Crippen LogP contribution in [-0.4, -0.2) is 7.11 Å². The van der Waals surface area contributed by atoms with Crippen LogP contribution in [-0.2, 0) is 12.3 Å². The van der Waals surface area contributed by atoms with E-state index >= 15 is 0 Å². The van der Waals surface area contributed by atoms with Crippen molar-refractivity contribution in [3.8, 4) is 5.75 Å². The molecule has 0 aliphatic rings. The average Bonchev–Trinajstić information content (AvgIpc) is 2.45. The van der Waals surface area contributed by atoms with Crippen molar-refractivity contribution in [3.63, 3.8) is 0 Å². The van der Waals surface area contributed by atoms with E-state index in [-0.39, 0.29) is 5.82 Å². The van der Waals surface area contributed by atoms with Crippen molar-refractivity contribution in [2.45, 2.75) is 17.2 Å². The predicted octanol–water partition coefficient (Wildman–Crippen LogP) is 3.59. The van der Waals surface area contributed by atoms with E-state index in [1.807, 2.05) is 30.3 Å². The first-order chi connectivity index (χ1) is 9.21. The van der Waals surface area contributed by atoms with Gasteiger partial charge in [-0.15, -0.1) is 11.8 Å². The SMILES string of the molecule is COc1ccc(SCc2cc(F)cc(CN)c2)cc1. The van der Waals surface area contributed by atoms with Crippen molar-refractivity contribution >= 4 is 11.8 Å². The molecular weight excluding hydrogens is 261 g/mol. The van der Waals surface area contributed by atoms with Crippen LogP contribution in [0.2, 0.25) is 0 Å². The van der Waals surface area contributed by atoms with E-state index in [1.165, 1.54) is 6.07 Å². The van der Waals surface area contributed by atoms with E-state index < -0.39 is 0 Å². The molecule has 19 heavy (non-hydrogen) atoms. The van der Waals surface area contributed by atoms with Crippen LogP contribution >= 0.6 is 11.8 Å². The smallest absolute Gasteiger partial charge is 0.123 e. The fraction of sp³-hybridized carbons (Fsp3) is 0.200. The zero-order valence-electron chi connectivity index (χ0n) is 10.7. The Hall–Kier alpha value is -1.52. The van der Waals surface area contributed by atoms with Gasteiger partial charge < -0.3 is 10.5 Å². The molecule has 0 saturated heterocycles. The number of halogens is 1. The third kappa shape index (κ3) is 3.98. The molecule has 100 valence electrons. The van der Waals surface area contributed by atoms with Gasteiger partial charge >= 0.3 is 0 Å². The molecule has 0 aromatic heterocycles. The van der Waals surface area contributed by atoms with Crippen LogP contribution in [0.15, 0.2) is 47.4 Å². The minimum absolute atomic E-state index is 0.228. The molecule has 2 aromatic rings. The lowest BCUT2D eigenvalue weighted by atomic mass is 10.1. The second-order valence-electron chi connectivity index (χ2n) is 4.14. The lowest BCUT2D eigenvalue weighted by Crippen LogP contribution is -1.98. The van der Waals surface area contributed by atoms with Crippen LogP contribution in [0.1, 0.15) is 11.1 Å². The Kier molecular flexibility index (Phi) is 4.82. The van der Waals surface area contributed by atoms with Crippen LogP contribution in [0.25, 0.3) is 0 Å².